The van der Waals surface area contributed by atoms with Gasteiger partial charge in [-0.25, -0.2) is 4.79 Å². The van der Waals surface area contributed by atoms with E-state index in [9.17, 15) is 14.7 Å². The molecule has 4 heteroatoms. The molecule has 0 saturated heterocycles. The van der Waals surface area contributed by atoms with Crippen molar-refractivity contribution in [3.8, 4) is 0 Å². The number of carbonyl (C=O) groups is 2. The van der Waals surface area contributed by atoms with Gasteiger partial charge in [0, 0.05) is 16.8 Å². The van der Waals surface area contributed by atoms with E-state index in [2.05, 4.69) is 5.32 Å². The highest BCUT2D eigenvalue weighted by atomic mass is 16.4. The van der Waals surface area contributed by atoms with Crippen LogP contribution in [0.1, 0.15) is 37.4 Å². The summed E-state index contributed by atoms with van der Waals surface area (Å²) in [6.07, 6.45) is 0. The van der Waals surface area contributed by atoms with Gasteiger partial charge in [-0.1, -0.05) is 48.5 Å². The summed E-state index contributed by atoms with van der Waals surface area (Å²) in [5.74, 6) is -1.43. The molecule has 0 saturated carbocycles. The van der Waals surface area contributed by atoms with Crippen molar-refractivity contribution < 1.29 is 14.7 Å². The first-order chi connectivity index (χ1) is 12.5. The minimum Gasteiger partial charge on any atom is -0.478 e. The fourth-order valence-electron chi connectivity index (χ4n) is 2.88. The largest absolute Gasteiger partial charge is 0.478 e. The Bertz CT molecular complexity index is 992. The third-order valence-corrected chi connectivity index (χ3v) is 4.32. The van der Waals surface area contributed by atoms with Crippen LogP contribution in [0.2, 0.25) is 0 Å². The lowest BCUT2D eigenvalue weighted by Crippen LogP contribution is -2.12. The number of carbonyl (C=O) groups excluding carboxylic acids is 1. The second kappa shape index (κ2) is 7.23. The molecule has 0 spiro atoms. The highest BCUT2D eigenvalue weighted by Gasteiger charge is 2.21. The maximum atomic E-state index is 13.1. The number of hydrogen-bond acceptors (Lipinski definition) is 3. The van der Waals surface area contributed by atoms with Crippen molar-refractivity contribution in [1.29, 1.82) is 0 Å². The Kier molecular flexibility index (Phi) is 4.85. The van der Waals surface area contributed by atoms with E-state index in [1.165, 1.54) is 6.07 Å². The first-order valence-electron chi connectivity index (χ1n) is 8.28. The van der Waals surface area contributed by atoms with Gasteiger partial charge in [-0.15, -0.1) is 0 Å². The van der Waals surface area contributed by atoms with Gasteiger partial charge in [-0.2, -0.15) is 0 Å². The Labute approximate surface area is 152 Å². The SMILES string of the molecule is Cc1ccccc1Nc1c(C)cccc1C(=O)c1ccccc1C(=O)O. The summed E-state index contributed by atoms with van der Waals surface area (Å²) in [5, 5.41) is 12.7. The van der Waals surface area contributed by atoms with Crippen molar-refractivity contribution in [3.05, 3.63) is 94.5 Å². The summed E-state index contributed by atoms with van der Waals surface area (Å²) < 4.78 is 0. The summed E-state index contributed by atoms with van der Waals surface area (Å²) in [5.41, 5.74) is 4.18. The maximum Gasteiger partial charge on any atom is 0.336 e. The number of hydrogen-bond donors (Lipinski definition) is 2. The molecule has 130 valence electrons. The number of para-hydroxylation sites is 2. The Balaban J connectivity index is 2.10. The zero-order chi connectivity index (χ0) is 18.7. The third kappa shape index (κ3) is 3.35. The third-order valence-electron chi connectivity index (χ3n) is 4.32. The molecule has 0 radical (unpaired) electrons. The quantitative estimate of drug-likeness (QED) is 0.640. The summed E-state index contributed by atoms with van der Waals surface area (Å²) >= 11 is 0. The minimum absolute atomic E-state index is 0.000785. The number of anilines is 2. The van der Waals surface area contributed by atoms with Crippen LogP contribution in [0, 0.1) is 13.8 Å². The lowest BCUT2D eigenvalue weighted by atomic mass is 9.95. The van der Waals surface area contributed by atoms with Gasteiger partial charge in [0.15, 0.2) is 5.78 Å². The van der Waals surface area contributed by atoms with Gasteiger partial charge in [-0.05, 0) is 43.2 Å². The normalized spacial score (nSPS) is 10.4. The number of carboxylic acid groups (broad SMARTS) is 1. The predicted molar refractivity (Wildman–Crippen MR) is 102 cm³/mol. The predicted octanol–water partition coefficient (Wildman–Crippen LogP) is 4.98. The van der Waals surface area contributed by atoms with Gasteiger partial charge in [0.25, 0.3) is 0 Å². The van der Waals surface area contributed by atoms with Gasteiger partial charge in [0.1, 0.15) is 0 Å². The second-order valence-corrected chi connectivity index (χ2v) is 6.12. The lowest BCUT2D eigenvalue weighted by molar-refractivity contribution is 0.0693. The molecule has 0 amide bonds. The van der Waals surface area contributed by atoms with Crippen molar-refractivity contribution in [3.63, 3.8) is 0 Å². The molecular weight excluding hydrogens is 326 g/mol. The Morgan fingerprint density at radius 1 is 0.731 bits per heavy atom. The number of aryl methyl sites for hydroxylation is 2. The van der Waals surface area contributed by atoms with Gasteiger partial charge in [0.2, 0.25) is 0 Å². The molecule has 0 heterocycles. The van der Waals surface area contributed by atoms with Crippen molar-refractivity contribution in [2.45, 2.75) is 13.8 Å². The summed E-state index contributed by atoms with van der Waals surface area (Å²) in [4.78, 5) is 24.6. The molecule has 26 heavy (non-hydrogen) atoms. The van der Waals surface area contributed by atoms with E-state index >= 15 is 0 Å². The molecule has 0 fully saturated rings. The number of ketones is 1. The average molecular weight is 345 g/mol. The molecule has 0 bridgehead atoms. The Morgan fingerprint density at radius 3 is 2.00 bits per heavy atom. The summed E-state index contributed by atoms with van der Waals surface area (Å²) in [6.45, 7) is 3.91. The Hall–Kier alpha value is -3.40. The Morgan fingerprint density at radius 2 is 1.31 bits per heavy atom. The van der Waals surface area contributed by atoms with E-state index in [1.807, 2.05) is 44.2 Å². The number of rotatable bonds is 5. The van der Waals surface area contributed by atoms with Crippen LogP contribution in [-0.2, 0) is 0 Å². The molecule has 0 atom stereocenters. The number of benzene rings is 3. The zero-order valence-corrected chi connectivity index (χ0v) is 14.6. The summed E-state index contributed by atoms with van der Waals surface area (Å²) in [7, 11) is 0. The number of nitrogens with one attached hydrogen (secondary N) is 1. The van der Waals surface area contributed by atoms with Gasteiger partial charge in [-0.3, -0.25) is 4.79 Å². The molecule has 3 aromatic carbocycles. The van der Waals surface area contributed by atoms with Gasteiger partial charge < -0.3 is 10.4 Å². The van der Waals surface area contributed by atoms with Gasteiger partial charge >= 0.3 is 5.97 Å². The van der Waals surface area contributed by atoms with E-state index in [0.29, 0.717) is 11.3 Å². The van der Waals surface area contributed by atoms with Crippen molar-refractivity contribution in [2.24, 2.45) is 0 Å². The fraction of sp³-hybridized carbons (Fsp3) is 0.0909. The molecule has 3 aromatic rings. The topological polar surface area (TPSA) is 66.4 Å². The van der Waals surface area contributed by atoms with Crippen molar-refractivity contribution in [2.75, 3.05) is 5.32 Å². The molecule has 3 rings (SSSR count). The van der Waals surface area contributed by atoms with Crippen molar-refractivity contribution in [1.82, 2.24) is 0 Å². The average Bonchev–Trinajstić information content (AvgIpc) is 2.64. The van der Waals surface area contributed by atoms with Crippen LogP contribution in [0.4, 0.5) is 11.4 Å². The summed E-state index contributed by atoms with van der Waals surface area (Å²) in [6, 6.07) is 19.5. The van der Waals surface area contributed by atoms with Crippen LogP contribution in [0.15, 0.2) is 66.7 Å². The van der Waals surface area contributed by atoms with E-state index in [4.69, 9.17) is 0 Å². The van der Waals surface area contributed by atoms with Crippen LogP contribution < -0.4 is 5.32 Å². The lowest BCUT2D eigenvalue weighted by Gasteiger charge is -2.16. The molecule has 2 N–H and O–H groups in total. The van der Waals surface area contributed by atoms with Gasteiger partial charge in [0.05, 0.1) is 11.3 Å². The number of aromatic carboxylic acids is 1. The van der Waals surface area contributed by atoms with E-state index in [-0.39, 0.29) is 16.9 Å². The minimum atomic E-state index is -1.12. The van der Waals surface area contributed by atoms with E-state index in [0.717, 1.165) is 16.8 Å². The van der Waals surface area contributed by atoms with Crippen molar-refractivity contribution >= 4 is 23.1 Å². The monoisotopic (exact) mass is 345 g/mol. The molecular formula is C22H19NO3. The molecule has 0 aromatic heterocycles. The standard InChI is InChI=1S/C22H19NO3/c1-14-8-3-6-13-19(14)23-20-15(2)9-7-12-18(20)21(24)16-10-4-5-11-17(16)22(25)26/h3-13,23H,1-2H3,(H,25,26). The van der Waals surface area contributed by atoms with Crippen LogP contribution in [0.25, 0.3) is 0 Å². The first kappa shape index (κ1) is 17.4. The second-order valence-electron chi connectivity index (χ2n) is 6.12. The van der Waals surface area contributed by atoms with Crippen LogP contribution in [-0.4, -0.2) is 16.9 Å². The molecule has 0 aliphatic heterocycles. The molecule has 0 aliphatic rings. The maximum absolute atomic E-state index is 13.1. The molecule has 0 unspecified atom stereocenters. The first-order valence-corrected chi connectivity index (χ1v) is 8.28. The zero-order valence-electron chi connectivity index (χ0n) is 14.6. The smallest absolute Gasteiger partial charge is 0.336 e. The van der Waals surface area contributed by atoms with Crippen LogP contribution in [0.3, 0.4) is 0 Å². The molecule has 0 aliphatic carbocycles. The highest BCUT2D eigenvalue weighted by Crippen LogP contribution is 2.29. The molecule has 4 nitrogen and oxygen atoms in total. The highest BCUT2D eigenvalue weighted by molar-refractivity contribution is 6.17. The fourth-order valence-corrected chi connectivity index (χ4v) is 2.88. The van der Waals surface area contributed by atoms with E-state index in [1.54, 1.807) is 30.3 Å². The van der Waals surface area contributed by atoms with Crippen LogP contribution >= 0.6 is 0 Å². The number of carboxylic acids is 1. The van der Waals surface area contributed by atoms with E-state index < -0.39 is 5.97 Å². The van der Waals surface area contributed by atoms with Crippen LogP contribution in [0.5, 0.6) is 0 Å².